The highest BCUT2D eigenvalue weighted by Crippen LogP contribution is 2.24. The van der Waals surface area contributed by atoms with Crippen LogP contribution in [0.25, 0.3) is 22.3 Å². The Balaban J connectivity index is 1.22. The summed E-state index contributed by atoms with van der Waals surface area (Å²) >= 11 is 0. The van der Waals surface area contributed by atoms with Gasteiger partial charge in [0.2, 0.25) is 5.95 Å². The van der Waals surface area contributed by atoms with Crippen molar-refractivity contribution in [2.75, 3.05) is 50.5 Å². The van der Waals surface area contributed by atoms with Crippen molar-refractivity contribution in [1.82, 2.24) is 34.7 Å². The predicted octanol–water partition coefficient (Wildman–Crippen LogP) is 3.98. The average Bonchev–Trinajstić information content (AvgIpc) is 2.96. The Morgan fingerprint density at radius 1 is 0.878 bits per heavy atom. The molecule has 0 aliphatic carbocycles. The van der Waals surface area contributed by atoms with Gasteiger partial charge in [-0.05, 0) is 51.1 Å². The molecule has 0 saturated carbocycles. The maximum absolute atomic E-state index is 13.0. The first-order chi connectivity index (χ1) is 19.6. The molecule has 1 aliphatic rings. The summed E-state index contributed by atoms with van der Waals surface area (Å²) in [5, 5.41) is 3.11. The number of amides is 2. The van der Waals surface area contributed by atoms with Gasteiger partial charge < -0.3 is 24.8 Å². The molecule has 0 atom stereocenters. The van der Waals surface area contributed by atoms with E-state index in [-0.39, 0.29) is 12.0 Å². The minimum absolute atomic E-state index is 0.136. The van der Waals surface area contributed by atoms with Crippen LogP contribution in [0.2, 0.25) is 0 Å². The molecule has 2 amide bonds. The van der Waals surface area contributed by atoms with Crippen LogP contribution in [0.5, 0.6) is 0 Å². The average molecular weight is 556 g/mol. The molecule has 4 heterocycles. The molecule has 0 bridgehead atoms. The third kappa shape index (κ3) is 6.65. The van der Waals surface area contributed by atoms with E-state index in [1.54, 1.807) is 34.3 Å². The second-order valence-electron chi connectivity index (χ2n) is 10.9. The summed E-state index contributed by atoms with van der Waals surface area (Å²) in [6, 6.07) is 11.1. The van der Waals surface area contributed by atoms with E-state index in [2.05, 4.69) is 30.2 Å². The van der Waals surface area contributed by atoms with Gasteiger partial charge in [0.15, 0.2) is 0 Å². The van der Waals surface area contributed by atoms with E-state index in [1.165, 1.54) is 6.20 Å². The van der Waals surface area contributed by atoms with Gasteiger partial charge in [-0.1, -0.05) is 6.07 Å². The van der Waals surface area contributed by atoms with Crippen LogP contribution in [0.4, 0.5) is 22.4 Å². The van der Waals surface area contributed by atoms with Gasteiger partial charge in [-0.2, -0.15) is 0 Å². The van der Waals surface area contributed by atoms with Crippen molar-refractivity contribution < 1.29 is 14.3 Å². The summed E-state index contributed by atoms with van der Waals surface area (Å²) in [5.41, 5.74) is 3.09. The Morgan fingerprint density at radius 3 is 2.32 bits per heavy atom. The summed E-state index contributed by atoms with van der Waals surface area (Å²) in [4.78, 5) is 53.1. The smallest absolute Gasteiger partial charge is 0.410 e. The Hall–Kier alpha value is -4.87. The Kier molecular flexibility index (Phi) is 7.64. The highest BCUT2D eigenvalue weighted by Gasteiger charge is 2.28. The molecule has 12 heteroatoms. The number of carbonyl (C=O) groups excluding carboxylic acids is 2. The highest BCUT2D eigenvalue weighted by molar-refractivity contribution is 5.94. The highest BCUT2D eigenvalue weighted by atomic mass is 16.6. The lowest BCUT2D eigenvalue weighted by molar-refractivity contribution is 0.0141. The number of piperazine rings is 1. The fourth-order valence-corrected chi connectivity index (χ4v) is 4.27. The standard InChI is InChI=1S/C29H33N9O3/c1-29(2,3)41-28(40)38-14-12-37(13-15-38)26(39)20-7-9-24(32-17-20)35-27-30-11-10-21(34-27)19-6-8-22-23(16-19)33-25(18-31-22)36(4)5/h6-11,16-18H,12-15H2,1-5H3,(H,30,32,34,35). The van der Waals surface area contributed by atoms with Crippen LogP contribution in [0.1, 0.15) is 31.1 Å². The zero-order chi connectivity index (χ0) is 29.1. The lowest BCUT2D eigenvalue weighted by Gasteiger charge is -2.35. The van der Waals surface area contributed by atoms with Crippen LogP contribution in [0.3, 0.4) is 0 Å². The first-order valence-corrected chi connectivity index (χ1v) is 13.3. The summed E-state index contributed by atoms with van der Waals surface area (Å²) < 4.78 is 5.43. The fraction of sp³-hybridized carbons (Fsp3) is 0.345. The molecule has 1 aromatic carbocycles. The van der Waals surface area contributed by atoms with E-state index in [9.17, 15) is 9.59 Å². The van der Waals surface area contributed by atoms with E-state index in [0.717, 1.165) is 28.1 Å². The molecule has 0 radical (unpaired) electrons. The molecule has 41 heavy (non-hydrogen) atoms. The van der Waals surface area contributed by atoms with Crippen LogP contribution in [0.15, 0.2) is 55.0 Å². The molecule has 1 aliphatic heterocycles. The number of carbonyl (C=O) groups is 2. The predicted molar refractivity (Wildman–Crippen MR) is 156 cm³/mol. The third-order valence-electron chi connectivity index (χ3n) is 6.41. The molecule has 0 unspecified atom stereocenters. The van der Waals surface area contributed by atoms with E-state index < -0.39 is 5.60 Å². The van der Waals surface area contributed by atoms with Crippen molar-refractivity contribution in [2.45, 2.75) is 26.4 Å². The van der Waals surface area contributed by atoms with Gasteiger partial charge >= 0.3 is 6.09 Å². The molecular formula is C29H33N9O3. The monoisotopic (exact) mass is 555 g/mol. The van der Waals surface area contributed by atoms with Gasteiger partial charge in [0.05, 0.1) is 28.5 Å². The zero-order valence-electron chi connectivity index (χ0n) is 23.8. The molecule has 1 saturated heterocycles. The van der Waals surface area contributed by atoms with Gasteiger partial charge in [0.25, 0.3) is 5.91 Å². The van der Waals surface area contributed by atoms with Crippen LogP contribution < -0.4 is 10.2 Å². The van der Waals surface area contributed by atoms with Crippen molar-refractivity contribution in [1.29, 1.82) is 0 Å². The van der Waals surface area contributed by atoms with E-state index in [4.69, 9.17) is 4.74 Å². The number of pyridine rings is 1. The Labute approximate surface area is 238 Å². The summed E-state index contributed by atoms with van der Waals surface area (Å²) in [7, 11) is 3.85. The van der Waals surface area contributed by atoms with Gasteiger partial charge in [0, 0.05) is 58.2 Å². The normalized spacial score (nSPS) is 13.7. The van der Waals surface area contributed by atoms with Gasteiger partial charge in [-0.15, -0.1) is 0 Å². The number of rotatable bonds is 5. The van der Waals surface area contributed by atoms with Gasteiger partial charge in [-0.3, -0.25) is 9.78 Å². The lowest BCUT2D eigenvalue weighted by atomic mass is 10.1. The van der Waals surface area contributed by atoms with Crippen molar-refractivity contribution in [2.24, 2.45) is 0 Å². The molecular weight excluding hydrogens is 522 g/mol. The first kappa shape index (κ1) is 27.7. The fourth-order valence-electron chi connectivity index (χ4n) is 4.27. The number of benzene rings is 1. The number of ether oxygens (including phenoxy) is 1. The van der Waals surface area contributed by atoms with E-state index in [1.807, 2.05) is 64.0 Å². The molecule has 3 aromatic heterocycles. The summed E-state index contributed by atoms with van der Waals surface area (Å²) in [6.07, 6.45) is 4.58. The van der Waals surface area contributed by atoms with Crippen LogP contribution >= 0.6 is 0 Å². The van der Waals surface area contributed by atoms with E-state index >= 15 is 0 Å². The number of hydrogen-bond acceptors (Lipinski definition) is 10. The topological polar surface area (TPSA) is 130 Å². The zero-order valence-corrected chi connectivity index (χ0v) is 23.8. The minimum Gasteiger partial charge on any atom is -0.444 e. The van der Waals surface area contributed by atoms with Crippen molar-refractivity contribution in [3.63, 3.8) is 0 Å². The van der Waals surface area contributed by atoms with Gasteiger partial charge in [-0.25, -0.2) is 24.7 Å². The van der Waals surface area contributed by atoms with E-state index in [0.29, 0.717) is 43.5 Å². The largest absolute Gasteiger partial charge is 0.444 e. The second kappa shape index (κ2) is 11.3. The molecule has 4 aromatic rings. The first-order valence-electron chi connectivity index (χ1n) is 13.3. The number of aromatic nitrogens is 5. The summed E-state index contributed by atoms with van der Waals surface area (Å²) in [6.45, 7) is 7.19. The molecule has 12 nitrogen and oxygen atoms in total. The molecule has 212 valence electrons. The van der Waals surface area contributed by atoms with Crippen molar-refractivity contribution in [3.05, 3.63) is 60.6 Å². The minimum atomic E-state index is -0.556. The van der Waals surface area contributed by atoms with Crippen LogP contribution in [0, 0.1) is 0 Å². The maximum atomic E-state index is 13.0. The number of fused-ring (bicyclic) bond motifs is 1. The third-order valence-corrected chi connectivity index (χ3v) is 6.41. The molecule has 1 fully saturated rings. The Morgan fingerprint density at radius 2 is 1.63 bits per heavy atom. The quantitative estimate of drug-likeness (QED) is 0.386. The number of anilines is 3. The maximum Gasteiger partial charge on any atom is 0.410 e. The number of hydrogen-bond donors (Lipinski definition) is 1. The molecule has 5 rings (SSSR count). The summed E-state index contributed by atoms with van der Waals surface area (Å²) in [5.74, 6) is 1.52. The van der Waals surface area contributed by atoms with Crippen molar-refractivity contribution >= 4 is 40.6 Å². The second-order valence-corrected chi connectivity index (χ2v) is 10.9. The van der Waals surface area contributed by atoms with Crippen LogP contribution in [-0.4, -0.2) is 92.6 Å². The molecule has 0 spiro atoms. The van der Waals surface area contributed by atoms with Crippen molar-refractivity contribution in [3.8, 4) is 11.3 Å². The Bertz CT molecular complexity index is 1560. The SMILES string of the molecule is CN(C)c1cnc2ccc(-c3ccnc(Nc4ccc(C(=O)N5CCN(C(=O)OC(C)(C)C)CC5)cn4)n3)cc2n1. The van der Waals surface area contributed by atoms with Gasteiger partial charge in [0.1, 0.15) is 17.2 Å². The lowest BCUT2D eigenvalue weighted by Crippen LogP contribution is -2.51. The molecule has 1 N–H and O–H groups in total. The number of nitrogens with zero attached hydrogens (tertiary/aromatic N) is 8. The number of nitrogens with one attached hydrogen (secondary N) is 1. The van der Waals surface area contributed by atoms with Crippen LogP contribution in [-0.2, 0) is 4.74 Å².